The van der Waals surface area contributed by atoms with E-state index in [-0.39, 0.29) is 42.9 Å². The maximum Gasteiger partial charge on any atom is 0.303 e. The molecule has 0 radical (unpaired) electrons. The van der Waals surface area contributed by atoms with Gasteiger partial charge in [-0.2, -0.15) is 0 Å². The van der Waals surface area contributed by atoms with Crippen molar-refractivity contribution in [2.45, 2.75) is 89.3 Å². The van der Waals surface area contributed by atoms with Crippen LogP contribution in [0.2, 0.25) is 0 Å². The number of alkyl halides is 2. The minimum absolute atomic E-state index is 0.000452. The van der Waals surface area contributed by atoms with Crippen LogP contribution in [0.1, 0.15) is 65.7 Å². The lowest BCUT2D eigenvalue weighted by molar-refractivity contribution is -0.217. The predicted molar refractivity (Wildman–Crippen MR) is 131 cm³/mol. The number of aliphatic carboxylic acids is 1. The second kappa shape index (κ2) is 8.83. The number of hydrogen-bond acceptors (Lipinski definition) is 4. The number of fused-ring (bicyclic) bond motifs is 5. The molecule has 4 rings (SSSR count). The van der Waals surface area contributed by atoms with Crippen molar-refractivity contribution in [2.75, 3.05) is 0 Å². The van der Waals surface area contributed by atoms with Crippen molar-refractivity contribution in [3.63, 3.8) is 0 Å². The van der Waals surface area contributed by atoms with Gasteiger partial charge in [0, 0.05) is 34.2 Å². The molecule has 8 heteroatoms. The molecule has 0 spiro atoms. The van der Waals surface area contributed by atoms with E-state index in [9.17, 15) is 20.1 Å². The highest BCUT2D eigenvalue weighted by atomic mass is 79.9. The van der Waals surface area contributed by atoms with Crippen LogP contribution in [0.3, 0.4) is 0 Å². The van der Waals surface area contributed by atoms with Gasteiger partial charge in [-0.3, -0.25) is 4.79 Å². The van der Waals surface area contributed by atoms with Gasteiger partial charge in [0.15, 0.2) is 5.67 Å². The van der Waals surface area contributed by atoms with E-state index >= 15 is 8.78 Å². The van der Waals surface area contributed by atoms with Crippen molar-refractivity contribution < 1.29 is 34.0 Å². The Labute approximate surface area is 213 Å². The molecule has 9 atom stereocenters. The zero-order valence-corrected chi connectivity index (χ0v) is 22.0. The van der Waals surface area contributed by atoms with Gasteiger partial charge in [-0.25, -0.2) is 8.78 Å². The largest absolute Gasteiger partial charge is 0.513 e. The first-order chi connectivity index (χ1) is 16.2. The number of unbranched alkanes of at least 4 members (excludes halogenated alkanes) is 1. The molecular formula is C27H35BrF2O5. The van der Waals surface area contributed by atoms with Crippen molar-refractivity contribution in [1.29, 1.82) is 0 Å². The van der Waals surface area contributed by atoms with Gasteiger partial charge < -0.3 is 20.4 Å². The molecule has 0 heterocycles. The summed E-state index contributed by atoms with van der Waals surface area (Å²) in [5.41, 5.74) is -2.90. The number of aliphatic hydroxyl groups is 3. The number of carboxylic acids is 1. The number of carbonyl (C=O) groups is 1. The van der Waals surface area contributed by atoms with Crippen LogP contribution >= 0.6 is 15.9 Å². The first-order valence-corrected chi connectivity index (χ1v) is 13.2. The second-order valence-electron chi connectivity index (χ2n) is 11.5. The number of aliphatic hydroxyl groups excluding tert-OH is 2. The Kier molecular flexibility index (Phi) is 6.71. The van der Waals surface area contributed by atoms with Crippen LogP contribution < -0.4 is 0 Å². The standard InChI is InChI=1S/C27H35BrF2O5/c1-15-10-19-20-11-21(29)18-9-8-16(28)12-25(18,3)27(20,30)22(32)14-24(19,2)26(15,35)13-17(31)6-4-5-7-23(33)34/h8,12-13,15,19-22,31-32,35H,4-7,10-11,14H2,1-3H3,(H,33,34)/t15-,19-,20-,21+,22-,24-,25-,26+,27-/m0/s1. The number of allylic oxidation sites excluding steroid dienone is 4. The van der Waals surface area contributed by atoms with Crippen molar-refractivity contribution in [3.05, 3.63) is 39.8 Å². The molecular weight excluding hydrogens is 522 g/mol. The lowest BCUT2D eigenvalue weighted by Crippen LogP contribution is -2.69. The van der Waals surface area contributed by atoms with Crippen molar-refractivity contribution in [3.8, 4) is 0 Å². The van der Waals surface area contributed by atoms with Crippen molar-refractivity contribution in [1.82, 2.24) is 0 Å². The van der Waals surface area contributed by atoms with Gasteiger partial charge in [0.2, 0.25) is 0 Å². The summed E-state index contributed by atoms with van der Waals surface area (Å²) in [6, 6.07) is 0. The van der Waals surface area contributed by atoms with Crippen LogP contribution in [-0.2, 0) is 4.79 Å². The highest BCUT2D eigenvalue weighted by molar-refractivity contribution is 9.11. The fourth-order valence-electron chi connectivity index (χ4n) is 7.74. The molecule has 0 amide bonds. The Bertz CT molecular complexity index is 1030. The lowest BCUT2D eigenvalue weighted by Gasteiger charge is -2.62. The molecule has 0 aliphatic heterocycles. The summed E-state index contributed by atoms with van der Waals surface area (Å²) >= 11 is 3.37. The third-order valence-corrected chi connectivity index (χ3v) is 10.1. The Morgan fingerprint density at radius 2 is 1.89 bits per heavy atom. The van der Waals surface area contributed by atoms with E-state index in [0.29, 0.717) is 23.7 Å². The minimum atomic E-state index is -2.14. The summed E-state index contributed by atoms with van der Waals surface area (Å²) in [5.74, 6) is -2.56. The highest BCUT2D eigenvalue weighted by Gasteiger charge is 2.75. The molecule has 35 heavy (non-hydrogen) atoms. The molecule has 194 valence electrons. The van der Waals surface area contributed by atoms with E-state index in [2.05, 4.69) is 21.7 Å². The van der Waals surface area contributed by atoms with Gasteiger partial charge in [0.25, 0.3) is 0 Å². The summed E-state index contributed by atoms with van der Waals surface area (Å²) in [5, 5.41) is 42.7. The monoisotopic (exact) mass is 556 g/mol. The van der Waals surface area contributed by atoms with Gasteiger partial charge >= 0.3 is 5.97 Å². The summed E-state index contributed by atoms with van der Waals surface area (Å²) < 4.78 is 33.3. The molecule has 3 fully saturated rings. The third-order valence-electron chi connectivity index (χ3n) is 9.60. The summed E-state index contributed by atoms with van der Waals surface area (Å²) in [4.78, 5) is 10.7. The molecule has 0 aromatic carbocycles. The Hall–Kier alpha value is -1.47. The number of hydrogen-bond donors (Lipinski definition) is 4. The molecule has 0 unspecified atom stereocenters. The van der Waals surface area contributed by atoms with Crippen LogP contribution in [0.15, 0.2) is 39.8 Å². The van der Waals surface area contributed by atoms with Gasteiger partial charge in [-0.1, -0.05) is 35.9 Å². The molecule has 4 N–H and O–H groups in total. The molecule has 0 aromatic rings. The molecule has 3 saturated carbocycles. The Morgan fingerprint density at radius 1 is 1.23 bits per heavy atom. The smallest absolute Gasteiger partial charge is 0.303 e. The molecule has 4 aliphatic carbocycles. The topological polar surface area (TPSA) is 98.0 Å². The summed E-state index contributed by atoms with van der Waals surface area (Å²) in [6.07, 6.45) is 3.11. The maximum atomic E-state index is 17.2. The molecule has 4 aliphatic rings. The SMILES string of the molecule is C[C@H]1C[C@H]2[C@@H]3C[C@@H](F)C4=C=CC(Br)=C[C@]4(C)[C@@]3(F)[C@@H](O)C[C@]2(C)[C@@]1(O)C=C(O)CCCCC(=O)O. The molecule has 5 nitrogen and oxygen atoms in total. The number of halogens is 3. The van der Waals surface area contributed by atoms with Gasteiger partial charge in [-0.05, 0) is 63.0 Å². The maximum absolute atomic E-state index is 17.2. The fourth-order valence-corrected chi connectivity index (χ4v) is 8.31. The second-order valence-corrected chi connectivity index (χ2v) is 12.4. The molecule has 0 bridgehead atoms. The number of rotatable bonds is 6. The first kappa shape index (κ1) is 26.6. The van der Waals surface area contributed by atoms with E-state index in [1.807, 2.05) is 13.8 Å². The van der Waals surface area contributed by atoms with Crippen LogP contribution in [0, 0.1) is 28.6 Å². The average Bonchev–Trinajstić information content (AvgIpc) is 2.93. The van der Waals surface area contributed by atoms with Crippen molar-refractivity contribution >= 4 is 21.9 Å². The fraction of sp³-hybridized carbons (Fsp3) is 0.704. The van der Waals surface area contributed by atoms with Crippen LogP contribution in [0.25, 0.3) is 0 Å². The Morgan fingerprint density at radius 3 is 2.54 bits per heavy atom. The van der Waals surface area contributed by atoms with Gasteiger partial charge in [-0.15, -0.1) is 5.73 Å². The van der Waals surface area contributed by atoms with E-state index in [1.165, 1.54) is 6.08 Å². The third kappa shape index (κ3) is 3.78. The zero-order chi connectivity index (χ0) is 26.0. The Balaban J connectivity index is 1.69. The van der Waals surface area contributed by atoms with E-state index in [0.717, 1.165) is 0 Å². The van der Waals surface area contributed by atoms with Crippen molar-refractivity contribution in [2.24, 2.45) is 28.6 Å². The van der Waals surface area contributed by atoms with E-state index < -0.39 is 52.2 Å². The van der Waals surface area contributed by atoms with Gasteiger partial charge in [0.1, 0.15) is 6.17 Å². The van der Waals surface area contributed by atoms with E-state index in [4.69, 9.17) is 5.11 Å². The van der Waals surface area contributed by atoms with Crippen LogP contribution in [0.5, 0.6) is 0 Å². The highest BCUT2D eigenvalue weighted by Crippen LogP contribution is 2.71. The average molecular weight is 557 g/mol. The molecule has 0 aromatic heterocycles. The lowest BCUT2D eigenvalue weighted by atomic mass is 9.44. The normalized spacial score (nSPS) is 46.9. The quantitative estimate of drug-likeness (QED) is 0.192. The first-order valence-electron chi connectivity index (χ1n) is 12.4. The summed E-state index contributed by atoms with van der Waals surface area (Å²) in [6.45, 7) is 5.28. The predicted octanol–water partition coefficient (Wildman–Crippen LogP) is 5.68. The van der Waals surface area contributed by atoms with Gasteiger partial charge in [0.05, 0.1) is 22.9 Å². The van der Waals surface area contributed by atoms with Crippen LogP contribution in [0.4, 0.5) is 8.78 Å². The van der Waals surface area contributed by atoms with E-state index in [1.54, 1.807) is 19.1 Å². The molecule has 0 saturated heterocycles. The van der Waals surface area contributed by atoms with Crippen LogP contribution in [-0.4, -0.2) is 49.9 Å². The summed E-state index contributed by atoms with van der Waals surface area (Å²) in [7, 11) is 0. The number of carboxylic acid groups (broad SMARTS) is 1. The zero-order valence-electron chi connectivity index (χ0n) is 20.4. The minimum Gasteiger partial charge on any atom is -0.513 e.